The Hall–Kier alpha value is -1.44. The van der Waals surface area contributed by atoms with Gasteiger partial charge >= 0.3 is 0 Å². The van der Waals surface area contributed by atoms with E-state index in [2.05, 4.69) is 36.4 Å². The fourth-order valence-electron chi connectivity index (χ4n) is 3.85. The molecule has 0 amide bonds. The molecule has 130 valence electrons. The minimum atomic E-state index is 0.00358. The van der Waals surface area contributed by atoms with E-state index in [-0.39, 0.29) is 6.23 Å². The second-order valence-corrected chi connectivity index (χ2v) is 7.97. The molecule has 6 nitrogen and oxygen atoms in total. The third-order valence-corrected chi connectivity index (χ3v) is 6.40. The van der Waals surface area contributed by atoms with Crippen molar-refractivity contribution < 1.29 is 4.74 Å². The summed E-state index contributed by atoms with van der Waals surface area (Å²) in [6.45, 7) is 0.792. The molecule has 2 aliphatic rings. The molecule has 1 N–H and O–H groups in total. The van der Waals surface area contributed by atoms with E-state index < -0.39 is 0 Å². The summed E-state index contributed by atoms with van der Waals surface area (Å²) in [5.41, 5.74) is 3.16. The molecule has 25 heavy (non-hydrogen) atoms. The zero-order valence-corrected chi connectivity index (χ0v) is 15.8. The molecule has 5 rings (SSSR count). The van der Waals surface area contributed by atoms with Crippen molar-refractivity contribution in [1.82, 2.24) is 25.2 Å². The lowest BCUT2D eigenvalue weighted by Gasteiger charge is -2.23. The van der Waals surface area contributed by atoms with Gasteiger partial charge in [0.15, 0.2) is 6.23 Å². The summed E-state index contributed by atoms with van der Waals surface area (Å²) in [7, 11) is 0. The highest BCUT2D eigenvalue weighted by Crippen LogP contribution is 2.58. The third-order valence-electron chi connectivity index (χ3n) is 5.23. The lowest BCUT2D eigenvalue weighted by Crippen LogP contribution is -2.18. The highest BCUT2D eigenvalue weighted by Gasteiger charge is 2.44. The fraction of sp³-hybridized carbons (Fsp3) is 0.471. The maximum absolute atomic E-state index is 6.68. The van der Waals surface area contributed by atoms with Crippen LogP contribution >= 0.6 is 27.5 Å². The molecule has 2 fully saturated rings. The minimum Gasteiger partial charge on any atom is -0.356 e. The molecule has 0 radical (unpaired) electrons. The number of nitrogens with zero attached hydrogens (tertiary/aromatic N) is 4. The number of ether oxygens (including phenoxy) is 1. The summed E-state index contributed by atoms with van der Waals surface area (Å²) in [5.74, 6) is 0.743. The molecule has 1 saturated carbocycles. The number of hydrogen-bond acceptors (Lipinski definition) is 4. The molecule has 2 aromatic heterocycles. The summed E-state index contributed by atoms with van der Waals surface area (Å²) < 4.78 is 8.89. The van der Waals surface area contributed by atoms with Crippen molar-refractivity contribution in [3.8, 4) is 0 Å². The van der Waals surface area contributed by atoms with E-state index in [9.17, 15) is 0 Å². The standard InChI is InChI=1S/C17H17BrClN5O/c18-17-11-7-21-24(15-3-1-2-4-25-15)14(11)6-12(19)16(17)10-5-9(10)13-8-20-23-22-13/h6-10,15H,1-5H2,(H,20,22,23)/t9-,10+,15-/m1/s1. The Morgan fingerprint density at radius 3 is 2.96 bits per heavy atom. The predicted octanol–water partition coefficient (Wildman–Crippen LogP) is 4.54. The zero-order valence-electron chi connectivity index (χ0n) is 13.5. The van der Waals surface area contributed by atoms with Crippen LogP contribution in [0.5, 0.6) is 0 Å². The lowest BCUT2D eigenvalue weighted by atomic mass is 10.1. The molecule has 0 bridgehead atoms. The van der Waals surface area contributed by atoms with Crippen LogP contribution in [0.25, 0.3) is 10.9 Å². The Kier molecular flexibility index (Phi) is 3.83. The first-order valence-corrected chi connectivity index (χ1v) is 9.73. The molecule has 1 aliphatic heterocycles. The SMILES string of the molecule is Clc1cc2c(cnn2[C@H]2CCCCO2)c(Br)c1[C@H]1C[C@H]1c1cn[nH]n1. The highest BCUT2D eigenvalue weighted by atomic mass is 79.9. The van der Waals surface area contributed by atoms with Crippen molar-refractivity contribution >= 4 is 38.4 Å². The number of aromatic amines is 1. The maximum atomic E-state index is 6.68. The first-order valence-electron chi connectivity index (χ1n) is 8.56. The third kappa shape index (κ3) is 2.60. The second-order valence-electron chi connectivity index (χ2n) is 6.77. The Morgan fingerprint density at radius 1 is 1.28 bits per heavy atom. The normalized spacial score (nSPS) is 26.2. The Bertz CT molecular complexity index is 919. The minimum absolute atomic E-state index is 0.00358. The molecule has 3 heterocycles. The number of benzene rings is 1. The van der Waals surface area contributed by atoms with E-state index in [1.165, 1.54) is 6.42 Å². The number of fused-ring (bicyclic) bond motifs is 1. The van der Waals surface area contributed by atoms with Crippen LogP contribution in [0, 0.1) is 0 Å². The Morgan fingerprint density at radius 2 is 2.20 bits per heavy atom. The average molecular weight is 423 g/mol. The zero-order chi connectivity index (χ0) is 17.0. The quantitative estimate of drug-likeness (QED) is 0.673. The topological polar surface area (TPSA) is 68.6 Å². The van der Waals surface area contributed by atoms with Crippen molar-refractivity contribution in [1.29, 1.82) is 0 Å². The van der Waals surface area contributed by atoms with Gasteiger partial charge in [0.25, 0.3) is 0 Å². The summed E-state index contributed by atoms with van der Waals surface area (Å²) in [6.07, 6.45) is 8.02. The summed E-state index contributed by atoms with van der Waals surface area (Å²) in [4.78, 5) is 0. The monoisotopic (exact) mass is 421 g/mol. The van der Waals surface area contributed by atoms with Gasteiger partial charge < -0.3 is 4.74 Å². The van der Waals surface area contributed by atoms with Gasteiger partial charge in [-0.25, -0.2) is 4.68 Å². The smallest absolute Gasteiger partial charge is 0.150 e. The van der Waals surface area contributed by atoms with Crippen LogP contribution in [0.3, 0.4) is 0 Å². The lowest BCUT2D eigenvalue weighted by molar-refractivity contribution is -0.0366. The van der Waals surface area contributed by atoms with Gasteiger partial charge in [-0.05, 0) is 59.2 Å². The van der Waals surface area contributed by atoms with Gasteiger partial charge in [0.1, 0.15) is 0 Å². The second kappa shape index (κ2) is 6.07. The van der Waals surface area contributed by atoms with E-state index in [0.29, 0.717) is 11.8 Å². The van der Waals surface area contributed by atoms with E-state index in [4.69, 9.17) is 16.3 Å². The Labute approximate surface area is 158 Å². The van der Waals surface area contributed by atoms with Crippen molar-refractivity contribution in [2.75, 3.05) is 6.61 Å². The molecule has 0 spiro atoms. The largest absolute Gasteiger partial charge is 0.356 e. The number of rotatable bonds is 3. The molecule has 1 aliphatic carbocycles. The molecule has 3 aromatic rings. The average Bonchev–Trinajstić information content (AvgIpc) is 3.05. The number of hydrogen-bond donors (Lipinski definition) is 1. The summed E-state index contributed by atoms with van der Waals surface area (Å²) in [5, 5.41) is 17.3. The van der Waals surface area contributed by atoms with Gasteiger partial charge in [-0.3, -0.25) is 0 Å². The predicted molar refractivity (Wildman–Crippen MR) is 97.8 cm³/mol. The molecule has 1 aromatic carbocycles. The highest BCUT2D eigenvalue weighted by molar-refractivity contribution is 9.10. The van der Waals surface area contributed by atoms with E-state index in [1.807, 2.05) is 16.9 Å². The molecule has 1 saturated heterocycles. The van der Waals surface area contributed by atoms with Gasteiger partial charge in [-0.15, -0.1) is 0 Å². The Balaban J connectivity index is 1.54. The molecule has 8 heteroatoms. The number of aromatic nitrogens is 5. The van der Waals surface area contributed by atoms with Crippen LogP contribution in [0.1, 0.15) is 55.0 Å². The first-order chi connectivity index (χ1) is 12.2. The summed E-state index contributed by atoms with van der Waals surface area (Å²) in [6, 6.07) is 2.03. The fourth-order valence-corrected chi connectivity index (χ4v) is 5.11. The van der Waals surface area contributed by atoms with Gasteiger partial charge in [0.2, 0.25) is 0 Å². The van der Waals surface area contributed by atoms with Crippen LogP contribution in [-0.4, -0.2) is 31.8 Å². The van der Waals surface area contributed by atoms with Crippen LogP contribution in [0.15, 0.2) is 22.9 Å². The van der Waals surface area contributed by atoms with Gasteiger partial charge in [0, 0.05) is 27.4 Å². The summed E-state index contributed by atoms with van der Waals surface area (Å²) >= 11 is 10.5. The number of H-pyrrole nitrogens is 1. The van der Waals surface area contributed by atoms with Crippen molar-refractivity contribution in [2.24, 2.45) is 0 Å². The molecule has 0 unspecified atom stereocenters. The van der Waals surface area contributed by atoms with Crippen LogP contribution < -0.4 is 0 Å². The van der Waals surface area contributed by atoms with Crippen molar-refractivity contribution in [3.05, 3.63) is 39.2 Å². The van der Waals surface area contributed by atoms with Gasteiger partial charge in [0.05, 0.1) is 23.6 Å². The van der Waals surface area contributed by atoms with Gasteiger partial charge in [-0.2, -0.15) is 20.5 Å². The van der Waals surface area contributed by atoms with E-state index in [1.54, 1.807) is 6.20 Å². The van der Waals surface area contributed by atoms with Crippen LogP contribution in [0.2, 0.25) is 5.02 Å². The maximum Gasteiger partial charge on any atom is 0.150 e. The van der Waals surface area contributed by atoms with Crippen LogP contribution in [0.4, 0.5) is 0 Å². The molecular formula is C17H17BrClN5O. The first kappa shape index (κ1) is 15.8. The molecule has 3 atom stereocenters. The van der Waals surface area contributed by atoms with Crippen molar-refractivity contribution in [2.45, 2.75) is 43.7 Å². The molecular weight excluding hydrogens is 406 g/mol. The van der Waals surface area contributed by atoms with Gasteiger partial charge in [-0.1, -0.05) is 11.6 Å². The van der Waals surface area contributed by atoms with E-state index in [0.717, 1.165) is 57.5 Å². The van der Waals surface area contributed by atoms with E-state index >= 15 is 0 Å². The number of halogens is 2. The van der Waals surface area contributed by atoms with Crippen LogP contribution in [-0.2, 0) is 4.74 Å². The number of nitrogens with one attached hydrogen (secondary N) is 1. The van der Waals surface area contributed by atoms with Crippen molar-refractivity contribution in [3.63, 3.8) is 0 Å².